The lowest BCUT2D eigenvalue weighted by Gasteiger charge is -2.30. The Morgan fingerprint density at radius 3 is 2.39 bits per heavy atom. The Morgan fingerprint density at radius 1 is 1.06 bits per heavy atom. The molecule has 0 unspecified atom stereocenters. The highest BCUT2D eigenvalue weighted by molar-refractivity contribution is 7.89. The number of nitrogens with zero attached hydrogens (tertiary/aromatic N) is 1. The summed E-state index contributed by atoms with van der Waals surface area (Å²) in [4.78, 5) is 36.7. The molecular weight excluding hydrogens is 422 g/mol. The molecule has 31 heavy (non-hydrogen) atoms. The number of nitrogens with one attached hydrogen (secondary N) is 2. The molecule has 9 nitrogen and oxygen atoms in total. The fourth-order valence-electron chi connectivity index (χ4n) is 3.81. The average Bonchev–Trinajstić information content (AvgIpc) is 3.08. The second kappa shape index (κ2) is 8.12. The lowest BCUT2D eigenvalue weighted by Crippen LogP contribution is -2.41. The topological polar surface area (TPSA) is 122 Å². The highest BCUT2D eigenvalue weighted by atomic mass is 32.2. The average molecular weight is 443 g/mol. The SMILES string of the molecule is COc1ccc(S(=O)(=O)N2CCC(C(=O)Nc3cccc4c3C(=O)NC4=O)CC2)cc1. The van der Waals surface area contributed by atoms with Crippen LogP contribution in [0.1, 0.15) is 33.6 Å². The molecule has 2 N–H and O–H groups in total. The van der Waals surface area contributed by atoms with Gasteiger partial charge in [0, 0.05) is 19.0 Å². The molecular formula is C21H21N3O6S. The van der Waals surface area contributed by atoms with Gasteiger partial charge in [-0.15, -0.1) is 0 Å². The Kier molecular flexibility index (Phi) is 5.50. The van der Waals surface area contributed by atoms with Crippen LogP contribution in [0.4, 0.5) is 5.69 Å². The number of fused-ring (bicyclic) bond motifs is 1. The third kappa shape index (κ3) is 3.91. The number of carbonyl (C=O) groups excluding carboxylic acids is 3. The van der Waals surface area contributed by atoms with E-state index in [1.165, 1.54) is 29.6 Å². The maximum Gasteiger partial charge on any atom is 0.261 e. The first-order chi connectivity index (χ1) is 14.8. The normalized spacial score (nSPS) is 17.2. The van der Waals surface area contributed by atoms with E-state index >= 15 is 0 Å². The largest absolute Gasteiger partial charge is 0.497 e. The molecule has 4 rings (SSSR count). The number of ether oxygens (including phenoxy) is 1. The van der Waals surface area contributed by atoms with Crippen molar-refractivity contribution in [2.45, 2.75) is 17.7 Å². The van der Waals surface area contributed by atoms with Crippen molar-refractivity contribution in [3.63, 3.8) is 0 Å². The number of carbonyl (C=O) groups is 3. The monoisotopic (exact) mass is 443 g/mol. The van der Waals surface area contributed by atoms with Crippen LogP contribution in [-0.2, 0) is 14.8 Å². The molecule has 0 radical (unpaired) electrons. The van der Waals surface area contributed by atoms with Crippen LogP contribution >= 0.6 is 0 Å². The van der Waals surface area contributed by atoms with Crippen molar-refractivity contribution in [3.8, 4) is 5.75 Å². The van der Waals surface area contributed by atoms with Gasteiger partial charge in [0.15, 0.2) is 0 Å². The predicted octanol–water partition coefficient (Wildman–Crippen LogP) is 1.62. The zero-order chi connectivity index (χ0) is 22.2. The number of hydrogen-bond acceptors (Lipinski definition) is 6. The highest BCUT2D eigenvalue weighted by Gasteiger charge is 2.34. The minimum absolute atomic E-state index is 0.153. The van der Waals surface area contributed by atoms with E-state index in [1.807, 2.05) is 0 Å². The minimum atomic E-state index is -3.66. The van der Waals surface area contributed by atoms with Gasteiger partial charge in [-0.3, -0.25) is 19.7 Å². The maximum absolute atomic E-state index is 12.9. The van der Waals surface area contributed by atoms with Crippen LogP contribution in [0.25, 0.3) is 0 Å². The fourth-order valence-corrected chi connectivity index (χ4v) is 5.28. The van der Waals surface area contributed by atoms with E-state index in [9.17, 15) is 22.8 Å². The van der Waals surface area contributed by atoms with Gasteiger partial charge in [-0.2, -0.15) is 4.31 Å². The molecule has 162 valence electrons. The molecule has 0 bridgehead atoms. The van der Waals surface area contributed by atoms with Crippen LogP contribution in [0.2, 0.25) is 0 Å². The van der Waals surface area contributed by atoms with Crippen molar-refractivity contribution in [1.82, 2.24) is 9.62 Å². The molecule has 0 atom stereocenters. The van der Waals surface area contributed by atoms with E-state index in [-0.39, 0.29) is 40.7 Å². The number of methoxy groups -OCH3 is 1. The minimum Gasteiger partial charge on any atom is -0.497 e. The van der Waals surface area contributed by atoms with Crippen molar-refractivity contribution in [2.24, 2.45) is 5.92 Å². The second-order valence-electron chi connectivity index (χ2n) is 7.35. The van der Waals surface area contributed by atoms with E-state index in [0.717, 1.165) is 0 Å². The summed E-state index contributed by atoms with van der Waals surface area (Å²) in [7, 11) is -2.15. The molecule has 0 spiro atoms. The van der Waals surface area contributed by atoms with E-state index in [2.05, 4.69) is 10.6 Å². The Morgan fingerprint density at radius 2 is 1.74 bits per heavy atom. The van der Waals surface area contributed by atoms with Crippen molar-refractivity contribution >= 4 is 33.4 Å². The summed E-state index contributed by atoms with van der Waals surface area (Å²) in [6.07, 6.45) is 0.697. The maximum atomic E-state index is 12.9. The molecule has 2 aliphatic rings. The van der Waals surface area contributed by atoms with Gasteiger partial charge in [0.25, 0.3) is 11.8 Å². The lowest BCUT2D eigenvalue weighted by atomic mass is 9.96. The lowest BCUT2D eigenvalue weighted by molar-refractivity contribution is -0.120. The molecule has 2 aromatic carbocycles. The Labute approximate surface area is 179 Å². The number of anilines is 1. The predicted molar refractivity (Wildman–Crippen MR) is 111 cm³/mol. The summed E-state index contributed by atoms with van der Waals surface area (Å²) in [6, 6.07) is 10.9. The van der Waals surface area contributed by atoms with Crippen LogP contribution in [-0.4, -0.2) is 50.6 Å². The van der Waals surface area contributed by atoms with Crippen LogP contribution in [0, 0.1) is 5.92 Å². The molecule has 1 fully saturated rings. The van der Waals surface area contributed by atoms with Crippen LogP contribution in [0.5, 0.6) is 5.75 Å². The summed E-state index contributed by atoms with van der Waals surface area (Å²) in [5.41, 5.74) is 0.655. The van der Waals surface area contributed by atoms with E-state index < -0.39 is 27.8 Å². The number of piperidine rings is 1. The Bertz CT molecular complexity index is 1150. The van der Waals surface area contributed by atoms with Gasteiger partial charge in [-0.1, -0.05) is 6.07 Å². The molecule has 2 aromatic rings. The van der Waals surface area contributed by atoms with Gasteiger partial charge in [0.2, 0.25) is 15.9 Å². The fraction of sp³-hybridized carbons (Fsp3) is 0.286. The Balaban J connectivity index is 1.42. The standard InChI is InChI=1S/C21H21N3O6S/c1-30-14-5-7-15(8-6-14)31(28,29)24-11-9-13(10-12-24)19(25)22-17-4-2-3-16-18(17)21(27)23-20(16)26/h2-8,13H,9-12H2,1H3,(H,22,25)(H,23,26,27). The quantitative estimate of drug-likeness (QED) is 0.677. The van der Waals surface area contributed by atoms with E-state index in [0.29, 0.717) is 18.6 Å². The Hall–Kier alpha value is -3.24. The van der Waals surface area contributed by atoms with Gasteiger partial charge in [-0.05, 0) is 49.2 Å². The molecule has 10 heteroatoms. The van der Waals surface area contributed by atoms with Crippen LogP contribution in [0.3, 0.4) is 0 Å². The number of benzene rings is 2. The number of sulfonamides is 1. The summed E-state index contributed by atoms with van der Waals surface area (Å²) in [5.74, 6) is -1.18. The van der Waals surface area contributed by atoms with Crippen molar-refractivity contribution in [3.05, 3.63) is 53.6 Å². The molecule has 1 saturated heterocycles. The summed E-state index contributed by atoms with van der Waals surface area (Å²) < 4.78 is 32.1. The molecule has 0 aliphatic carbocycles. The molecule has 2 heterocycles. The number of amides is 3. The van der Waals surface area contributed by atoms with Crippen LogP contribution < -0.4 is 15.4 Å². The first kappa shape index (κ1) is 21.0. The van der Waals surface area contributed by atoms with Gasteiger partial charge in [-0.25, -0.2) is 8.42 Å². The van der Waals surface area contributed by atoms with Crippen molar-refractivity contribution in [2.75, 3.05) is 25.5 Å². The van der Waals surface area contributed by atoms with E-state index in [1.54, 1.807) is 24.3 Å². The number of imide groups is 1. The van der Waals surface area contributed by atoms with Crippen molar-refractivity contribution in [1.29, 1.82) is 0 Å². The first-order valence-corrected chi connectivity index (χ1v) is 11.2. The summed E-state index contributed by atoms with van der Waals surface area (Å²) in [5, 5.41) is 4.94. The van der Waals surface area contributed by atoms with Gasteiger partial charge in [0.05, 0.1) is 28.8 Å². The third-order valence-electron chi connectivity index (χ3n) is 5.54. The highest BCUT2D eigenvalue weighted by Crippen LogP contribution is 2.28. The number of rotatable bonds is 5. The third-order valence-corrected chi connectivity index (χ3v) is 7.46. The molecule has 2 aliphatic heterocycles. The van der Waals surface area contributed by atoms with E-state index in [4.69, 9.17) is 4.74 Å². The first-order valence-electron chi connectivity index (χ1n) is 9.75. The second-order valence-corrected chi connectivity index (χ2v) is 9.29. The van der Waals surface area contributed by atoms with Gasteiger partial charge in [0.1, 0.15) is 5.75 Å². The molecule has 0 saturated carbocycles. The zero-order valence-corrected chi connectivity index (χ0v) is 17.6. The summed E-state index contributed by atoms with van der Waals surface area (Å²) >= 11 is 0. The zero-order valence-electron chi connectivity index (χ0n) is 16.8. The van der Waals surface area contributed by atoms with Crippen molar-refractivity contribution < 1.29 is 27.5 Å². The van der Waals surface area contributed by atoms with Gasteiger partial charge >= 0.3 is 0 Å². The van der Waals surface area contributed by atoms with Gasteiger partial charge < -0.3 is 10.1 Å². The summed E-state index contributed by atoms with van der Waals surface area (Å²) in [6.45, 7) is 0.413. The molecule has 3 amide bonds. The molecule has 0 aromatic heterocycles. The smallest absolute Gasteiger partial charge is 0.261 e. The van der Waals surface area contributed by atoms with Crippen LogP contribution in [0.15, 0.2) is 47.4 Å². The number of hydrogen-bond donors (Lipinski definition) is 2.